The van der Waals surface area contributed by atoms with Gasteiger partial charge in [0.15, 0.2) is 12.2 Å². The maximum absolute atomic E-state index is 12.5. The Kier molecular flexibility index (Phi) is 5.59. The summed E-state index contributed by atoms with van der Waals surface area (Å²) in [6, 6.07) is 16.6. The fraction of sp³-hybridized carbons (Fsp3) is 0.182. The Morgan fingerprint density at radius 2 is 1.61 bits per heavy atom. The molecular formula is C22H20N2O4. The number of hydrogen-bond donors (Lipinski definition) is 2. The molecule has 0 unspecified atom stereocenters. The molecule has 1 heterocycles. The van der Waals surface area contributed by atoms with Crippen LogP contribution in [-0.2, 0) is 4.79 Å². The minimum absolute atomic E-state index is 0.554. The molecule has 0 aliphatic carbocycles. The zero-order valence-electron chi connectivity index (χ0n) is 15.5. The normalized spacial score (nSPS) is 12.7. The van der Waals surface area contributed by atoms with Crippen LogP contribution in [-0.4, -0.2) is 57.8 Å². The average molecular weight is 376 g/mol. The molecule has 0 fully saturated rings. The Morgan fingerprint density at radius 3 is 2.29 bits per heavy atom. The van der Waals surface area contributed by atoms with Gasteiger partial charge in [-0.15, -0.1) is 0 Å². The summed E-state index contributed by atoms with van der Waals surface area (Å²) in [6.45, 7) is 0. The van der Waals surface area contributed by atoms with Gasteiger partial charge in [0.1, 0.15) is 0 Å². The van der Waals surface area contributed by atoms with Crippen LogP contribution in [0.2, 0.25) is 0 Å². The van der Waals surface area contributed by atoms with E-state index in [-0.39, 0.29) is 0 Å². The highest BCUT2D eigenvalue weighted by atomic mass is 16.3. The third kappa shape index (κ3) is 3.96. The lowest BCUT2D eigenvalue weighted by atomic mass is 10.1. The number of aliphatic hydroxyl groups is 2. The Hall–Kier alpha value is -3.40. The Morgan fingerprint density at radius 1 is 0.929 bits per heavy atom. The minimum Gasteiger partial charge on any atom is -0.380 e. The maximum Gasteiger partial charge on any atom is 0.263 e. The highest BCUT2D eigenvalue weighted by Crippen LogP contribution is 2.18. The van der Waals surface area contributed by atoms with Crippen molar-refractivity contribution < 1.29 is 19.8 Å². The van der Waals surface area contributed by atoms with Gasteiger partial charge in [-0.2, -0.15) is 0 Å². The molecule has 0 radical (unpaired) electrons. The van der Waals surface area contributed by atoms with Crippen LogP contribution in [0.25, 0.3) is 10.9 Å². The van der Waals surface area contributed by atoms with Crippen LogP contribution in [0.4, 0.5) is 0 Å². The number of aromatic nitrogens is 1. The molecule has 1 amide bonds. The molecule has 6 heteroatoms. The van der Waals surface area contributed by atoms with Gasteiger partial charge in [0.2, 0.25) is 0 Å². The number of aliphatic hydroxyl groups excluding tert-OH is 2. The van der Waals surface area contributed by atoms with E-state index in [9.17, 15) is 19.8 Å². The van der Waals surface area contributed by atoms with Crippen LogP contribution in [0.15, 0.2) is 60.8 Å². The number of likely N-dealkylation sites (N-methyl/N-ethyl adjacent to an activating group) is 1. The molecule has 6 nitrogen and oxygen atoms in total. The predicted octanol–water partition coefficient (Wildman–Crippen LogP) is 1.49. The average Bonchev–Trinajstić information content (AvgIpc) is 3.13. The molecule has 2 N–H and O–H groups in total. The molecule has 3 aromatic rings. The fourth-order valence-corrected chi connectivity index (χ4v) is 2.76. The van der Waals surface area contributed by atoms with Gasteiger partial charge >= 0.3 is 0 Å². The highest BCUT2D eigenvalue weighted by Gasteiger charge is 2.32. The van der Waals surface area contributed by atoms with Crippen LogP contribution in [0.5, 0.6) is 0 Å². The third-order valence-electron chi connectivity index (χ3n) is 4.30. The first-order valence-corrected chi connectivity index (χ1v) is 8.68. The number of fused-ring (bicyclic) bond motifs is 1. The van der Waals surface area contributed by atoms with Crippen molar-refractivity contribution in [3.05, 3.63) is 71.9 Å². The molecule has 142 valence electrons. The van der Waals surface area contributed by atoms with Crippen LogP contribution in [0.3, 0.4) is 0 Å². The van der Waals surface area contributed by atoms with Gasteiger partial charge in [-0.05, 0) is 36.4 Å². The third-order valence-corrected chi connectivity index (χ3v) is 4.30. The second-order valence-electron chi connectivity index (χ2n) is 6.54. The minimum atomic E-state index is -1.86. The summed E-state index contributed by atoms with van der Waals surface area (Å²) in [5.41, 5.74) is 2.24. The summed E-state index contributed by atoms with van der Waals surface area (Å²) >= 11 is 0. The first-order valence-electron chi connectivity index (χ1n) is 8.68. The fourth-order valence-electron chi connectivity index (χ4n) is 2.76. The quantitative estimate of drug-likeness (QED) is 0.679. The van der Waals surface area contributed by atoms with Crippen molar-refractivity contribution in [2.45, 2.75) is 12.2 Å². The van der Waals surface area contributed by atoms with E-state index >= 15 is 0 Å². The largest absolute Gasteiger partial charge is 0.380 e. The number of amides is 1. The zero-order chi connectivity index (χ0) is 20.3. The molecular weight excluding hydrogens is 356 g/mol. The van der Waals surface area contributed by atoms with E-state index in [0.717, 1.165) is 21.4 Å². The van der Waals surface area contributed by atoms with Gasteiger partial charge in [0.25, 0.3) is 11.8 Å². The van der Waals surface area contributed by atoms with Gasteiger partial charge in [-0.25, -0.2) is 0 Å². The van der Waals surface area contributed by atoms with E-state index in [4.69, 9.17) is 0 Å². The molecule has 0 aliphatic rings. The van der Waals surface area contributed by atoms with Gasteiger partial charge in [0, 0.05) is 36.8 Å². The Labute approximate surface area is 162 Å². The summed E-state index contributed by atoms with van der Waals surface area (Å²) in [4.78, 5) is 25.5. The lowest BCUT2D eigenvalue weighted by Crippen LogP contribution is -2.46. The van der Waals surface area contributed by atoms with Gasteiger partial charge in [0.05, 0.1) is 5.52 Å². The summed E-state index contributed by atoms with van der Waals surface area (Å²) in [6.07, 6.45) is -2.18. The van der Waals surface area contributed by atoms with Crippen LogP contribution in [0, 0.1) is 11.8 Å². The standard InChI is InChI=1S/C22H20N2O4/c1-23(2)21(27)19(25)20(26)22(28)24-13-12-17-14-16(10-11-18(17)24)9-8-15-6-4-3-5-7-15/h3-7,10-14,19-20,25-26H,1-2H3/t19-,20-/m1/s1. The molecule has 2 atom stereocenters. The van der Waals surface area contributed by atoms with E-state index < -0.39 is 24.0 Å². The van der Waals surface area contributed by atoms with Crippen LogP contribution >= 0.6 is 0 Å². The molecule has 1 aromatic heterocycles. The molecule has 0 bridgehead atoms. The van der Waals surface area contributed by atoms with Crippen LogP contribution in [0.1, 0.15) is 15.9 Å². The molecule has 28 heavy (non-hydrogen) atoms. The molecule has 2 aromatic carbocycles. The van der Waals surface area contributed by atoms with Gasteiger partial charge < -0.3 is 15.1 Å². The molecule has 0 aliphatic heterocycles. The highest BCUT2D eigenvalue weighted by molar-refractivity contribution is 5.98. The molecule has 0 saturated carbocycles. The lowest BCUT2D eigenvalue weighted by molar-refractivity contribution is -0.142. The van der Waals surface area contributed by atoms with Crippen LogP contribution < -0.4 is 0 Å². The molecule has 3 rings (SSSR count). The number of hydrogen-bond acceptors (Lipinski definition) is 4. The number of nitrogens with zero attached hydrogens (tertiary/aromatic N) is 2. The first-order chi connectivity index (χ1) is 13.4. The van der Waals surface area contributed by atoms with E-state index in [1.54, 1.807) is 18.2 Å². The van der Waals surface area contributed by atoms with Crippen molar-refractivity contribution in [1.82, 2.24) is 9.47 Å². The zero-order valence-corrected chi connectivity index (χ0v) is 15.5. The number of benzene rings is 2. The van der Waals surface area contributed by atoms with Gasteiger partial charge in [-0.3, -0.25) is 14.2 Å². The van der Waals surface area contributed by atoms with Crippen molar-refractivity contribution in [1.29, 1.82) is 0 Å². The van der Waals surface area contributed by atoms with Crippen molar-refractivity contribution in [3.8, 4) is 11.8 Å². The monoisotopic (exact) mass is 376 g/mol. The second-order valence-corrected chi connectivity index (χ2v) is 6.54. The number of rotatable bonds is 3. The molecule has 0 spiro atoms. The smallest absolute Gasteiger partial charge is 0.263 e. The van der Waals surface area contributed by atoms with Crippen molar-refractivity contribution in [2.24, 2.45) is 0 Å². The Bertz CT molecular complexity index is 1070. The van der Waals surface area contributed by atoms with Crippen molar-refractivity contribution in [2.75, 3.05) is 14.1 Å². The first kappa shape index (κ1) is 19.4. The summed E-state index contributed by atoms with van der Waals surface area (Å²) in [7, 11) is 2.87. The van der Waals surface area contributed by atoms with Gasteiger partial charge in [-0.1, -0.05) is 30.0 Å². The Balaban J connectivity index is 1.86. The summed E-state index contributed by atoms with van der Waals surface area (Å²) in [5, 5.41) is 20.8. The molecule has 0 saturated heterocycles. The lowest BCUT2D eigenvalue weighted by Gasteiger charge is -2.20. The second kappa shape index (κ2) is 8.09. The number of carbonyl (C=O) groups is 2. The van der Waals surface area contributed by atoms with Crippen molar-refractivity contribution in [3.63, 3.8) is 0 Å². The SMILES string of the molecule is CN(C)C(=O)[C@H](O)[C@@H](O)C(=O)n1ccc2cc(C#Cc3ccccc3)ccc21. The van der Waals surface area contributed by atoms with E-state index in [2.05, 4.69) is 11.8 Å². The number of carbonyl (C=O) groups excluding carboxylic acids is 2. The summed E-state index contributed by atoms with van der Waals surface area (Å²) < 4.78 is 1.22. The van der Waals surface area contributed by atoms with E-state index in [0.29, 0.717) is 5.52 Å². The van der Waals surface area contributed by atoms with Crippen molar-refractivity contribution >= 4 is 22.7 Å². The topological polar surface area (TPSA) is 82.8 Å². The maximum atomic E-state index is 12.5. The predicted molar refractivity (Wildman–Crippen MR) is 106 cm³/mol. The van der Waals surface area contributed by atoms with E-state index in [1.807, 2.05) is 36.4 Å². The summed E-state index contributed by atoms with van der Waals surface area (Å²) in [5.74, 6) is 4.63. The van der Waals surface area contributed by atoms with E-state index in [1.165, 1.54) is 24.9 Å².